The number of hydrogen-bond donors (Lipinski definition) is 2. The molecule has 0 radical (unpaired) electrons. The molecule has 1 rings (SSSR count). The van der Waals surface area contributed by atoms with E-state index in [2.05, 4.69) is 9.62 Å². The van der Waals surface area contributed by atoms with Crippen LogP contribution in [0, 0.1) is 0 Å². The molecule has 0 spiro atoms. The zero-order valence-corrected chi connectivity index (χ0v) is 17.0. The Hall–Kier alpha value is -1.21. The van der Waals surface area contributed by atoms with Crippen LogP contribution in [0.15, 0.2) is 0 Å². The molecule has 0 aliphatic heterocycles. The molecule has 2 N–H and O–H groups in total. The Morgan fingerprint density at radius 1 is 1.20 bits per heavy atom. The van der Waals surface area contributed by atoms with Gasteiger partial charge < -0.3 is 14.5 Å². The number of carbonyl (C=O) groups is 1. The predicted molar refractivity (Wildman–Crippen MR) is 93.3 cm³/mol. The lowest BCUT2D eigenvalue weighted by atomic mass is 9.85. The highest BCUT2D eigenvalue weighted by Gasteiger charge is 2.34. The fourth-order valence-electron chi connectivity index (χ4n) is 2.51. The van der Waals surface area contributed by atoms with Crippen molar-refractivity contribution in [2.24, 2.45) is 0 Å². The minimum absolute atomic E-state index is 0.0412. The third-order valence-electron chi connectivity index (χ3n) is 3.22. The third kappa shape index (κ3) is 6.22. The molecule has 8 nitrogen and oxygen atoms in total. The standard InChI is InChI=1S/C16H29N2O6P/c1-10(2)11-12(14(19)24-16(6,7)8)17-18(9-23-25(20,21)22)13(11)15(3,4)5/h10H,9H2,1-8H3,(H2,20,21,22). The molecular formula is C16H29N2O6P. The van der Waals surface area contributed by atoms with E-state index in [4.69, 9.17) is 14.5 Å². The van der Waals surface area contributed by atoms with Gasteiger partial charge in [-0.2, -0.15) is 5.10 Å². The second-order valence-corrected chi connectivity index (χ2v) is 9.51. The van der Waals surface area contributed by atoms with Crippen molar-refractivity contribution in [2.45, 2.75) is 79.1 Å². The maximum absolute atomic E-state index is 12.6. The number of nitrogens with zero attached hydrogens (tertiary/aromatic N) is 2. The zero-order chi connectivity index (χ0) is 19.8. The minimum atomic E-state index is -4.67. The molecule has 1 aromatic heterocycles. The highest BCUT2D eigenvalue weighted by Crippen LogP contribution is 2.38. The maximum Gasteiger partial charge on any atom is 0.471 e. The molecule has 0 unspecified atom stereocenters. The van der Waals surface area contributed by atoms with Crippen molar-refractivity contribution in [3.8, 4) is 0 Å². The van der Waals surface area contributed by atoms with E-state index in [-0.39, 0.29) is 11.6 Å². The summed E-state index contributed by atoms with van der Waals surface area (Å²) in [6.45, 7) is 14.5. The summed E-state index contributed by atoms with van der Waals surface area (Å²) in [5.41, 5.74) is 0.405. The molecule has 0 fully saturated rings. The lowest BCUT2D eigenvalue weighted by Gasteiger charge is -2.24. The van der Waals surface area contributed by atoms with E-state index in [0.29, 0.717) is 11.3 Å². The van der Waals surface area contributed by atoms with Crippen LogP contribution in [0.2, 0.25) is 0 Å². The molecular weight excluding hydrogens is 347 g/mol. The average molecular weight is 376 g/mol. The van der Waals surface area contributed by atoms with Gasteiger partial charge in [-0.1, -0.05) is 34.6 Å². The van der Waals surface area contributed by atoms with Gasteiger partial charge in [-0.15, -0.1) is 0 Å². The van der Waals surface area contributed by atoms with Crippen LogP contribution in [0.3, 0.4) is 0 Å². The van der Waals surface area contributed by atoms with Crippen LogP contribution in [-0.4, -0.2) is 31.1 Å². The number of hydrogen-bond acceptors (Lipinski definition) is 5. The normalized spacial score (nSPS) is 13.4. The minimum Gasteiger partial charge on any atom is -0.455 e. The van der Waals surface area contributed by atoms with Gasteiger partial charge >= 0.3 is 13.8 Å². The van der Waals surface area contributed by atoms with Crippen LogP contribution in [0.4, 0.5) is 0 Å². The lowest BCUT2D eigenvalue weighted by molar-refractivity contribution is 0.00598. The molecule has 0 bridgehead atoms. The summed E-state index contributed by atoms with van der Waals surface area (Å²) in [5.74, 6) is -0.614. The molecule has 1 aromatic rings. The van der Waals surface area contributed by atoms with E-state index in [9.17, 15) is 9.36 Å². The summed E-state index contributed by atoms with van der Waals surface area (Å²) in [6.07, 6.45) is 0. The molecule has 0 saturated heterocycles. The van der Waals surface area contributed by atoms with E-state index in [1.165, 1.54) is 4.68 Å². The van der Waals surface area contributed by atoms with Crippen molar-refractivity contribution < 1.29 is 28.4 Å². The van der Waals surface area contributed by atoms with Gasteiger partial charge in [0.25, 0.3) is 0 Å². The van der Waals surface area contributed by atoms with Gasteiger partial charge in [0.15, 0.2) is 12.4 Å². The number of rotatable bonds is 5. The fourth-order valence-corrected chi connectivity index (χ4v) is 2.77. The van der Waals surface area contributed by atoms with E-state index < -0.39 is 31.5 Å². The fraction of sp³-hybridized carbons (Fsp3) is 0.750. The van der Waals surface area contributed by atoms with Crippen LogP contribution < -0.4 is 0 Å². The Labute approximate surface area is 148 Å². The maximum atomic E-state index is 12.6. The second kappa shape index (κ2) is 7.19. The van der Waals surface area contributed by atoms with Crippen LogP contribution in [0.5, 0.6) is 0 Å². The first-order valence-corrected chi connectivity index (χ1v) is 9.60. The Balaban J connectivity index is 3.50. The molecule has 0 atom stereocenters. The number of aromatic nitrogens is 2. The van der Waals surface area contributed by atoms with Crippen molar-refractivity contribution in [1.29, 1.82) is 0 Å². The van der Waals surface area contributed by atoms with Gasteiger partial charge in [-0.25, -0.2) is 14.0 Å². The van der Waals surface area contributed by atoms with Gasteiger partial charge in [-0.3, -0.25) is 4.52 Å². The van der Waals surface area contributed by atoms with Gasteiger partial charge in [0.05, 0.1) is 5.69 Å². The van der Waals surface area contributed by atoms with E-state index in [0.717, 1.165) is 0 Å². The Kier molecular flexibility index (Phi) is 6.28. The first kappa shape index (κ1) is 21.8. The van der Waals surface area contributed by atoms with Crippen molar-refractivity contribution in [3.63, 3.8) is 0 Å². The molecule has 1 heterocycles. The highest BCUT2D eigenvalue weighted by atomic mass is 31.2. The summed E-state index contributed by atoms with van der Waals surface area (Å²) in [5, 5.41) is 4.26. The molecule has 144 valence electrons. The first-order chi connectivity index (χ1) is 11.0. The molecule has 0 aliphatic rings. The summed E-state index contributed by atoms with van der Waals surface area (Å²) < 4.78 is 22.4. The van der Waals surface area contributed by atoms with E-state index >= 15 is 0 Å². The largest absolute Gasteiger partial charge is 0.471 e. The van der Waals surface area contributed by atoms with Gasteiger partial charge in [0.1, 0.15) is 5.60 Å². The number of phosphoric ester groups is 1. The van der Waals surface area contributed by atoms with Crippen molar-refractivity contribution in [3.05, 3.63) is 17.0 Å². The molecule has 0 saturated carbocycles. The van der Waals surface area contributed by atoms with Crippen molar-refractivity contribution >= 4 is 13.8 Å². The SMILES string of the molecule is CC(C)c1c(C(=O)OC(C)(C)C)nn(COP(=O)(O)O)c1C(C)(C)C. The van der Waals surface area contributed by atoms with Crippen molar-refractivity contribution in [1.82, 2.24) is 9.78 Å². The second-order valence-electron chi connectivity index (χ2n) is 8.27. The predicted octanol–water partition coefficient (Wildman–Crippen LogP) is 3.33. The lowest BCUT2D eigenvalue weighted by Crippen LogP contribution is -2.25. The third-order valence-corrected chi connectivity index (χ3v) is 3.67. The Bertz CT molecular complexity index is 676. The van der Waals surface area contributed by atoms with Gasteiger partial charge in [0, 0.05) is 11.0 Å². The van der Waals surface area contributed by atoms with Gasteiger partial charge in [0.2, 0.25) is 0 Å². The van der Waals surface area contributed by atoms with E-state index in [1.54, 1.807) is 20.8 Å². The molecule has 25 heavy (non-hydrogen) atoms. The van der Waals surface area contributed by atoms with Crippen molar-refractivity contribution in [2.75, 3.05) is 0 Å². The smallest absolute Gasteiger partial charge is 0.455 e. The molecule has 9 heteroatoms. The topological polar surface area (TPSA) is 111 Å². The first-order valence-electron chi connectivity index (χ1n) is 8.07. The number of ether oxygens (including phenoxy) is 1. The van der Waals surface area contributed by atoms with Crippen LogP contribution in [-0.2, 0) is 26.0 Å². The summed E-state index contributed by atoms with van der Waals surface area (Å²) >= 11 is 0. The summed E-state index contributed by atoms with van der Waals surface area (Å²) in [7, 11) is -4.67. The number of carbonyl (C=O) groups excluding carboxylic acids is 1. The average Bonchev–Trinajstić information content (AvgIpc) is 2.72. The summed E-state index contributed by atoms with van der Waals surface area (Å²) in [6, 6.07) is 0. The van der Waals surface area contributed by atoms with Crippen LogP contribution in [0.25, 0.3) is 0 Å². The Morgan fingerprint density at radius 3 is 2.08 bits per heavy atom. The Morgan fingerprint density at radius 2 is 1.72 bits per heavy atom. The quantitative estimate of drug-likeness (QED) is 0.599. The van der Waals surface area contributed by atoms with Crippen LogP contribution >= 0.6 is 7.82 Å². The monoisotopic (exact) mass is 376 g/mol. The number of esters is 1. The summed E-state index contributed by atoms with van der Waals surface area (Å²) in [4.78, 5) is 30.5. The number of phosphoric acid groups is 1. The molecule has 0 amide bonds. The highest BCUT2D eigenvalue weighted by molar-refractivity contribution is 7.46. The zero-order valence-electron chi connectivity index (χ0n) is 16.2. The van der Waals surface area contributed by atoms with Gasteiger partial charge in [-0.05, 0) is 26.7 Å². The van der Waals surface area contributed by atoms with E-state index in [1.807, 2.05) is 34.6 Å². The molecule has 0 aliphatic carbocycles. The van der Waals surface area contributed by atoms with Crippen LogP contribution in [0.1, 0.15) is 83.1 Å². The molecule has 0 aromatic carbocycles.